The van der Waals surface area contributed by atoms with Gasteiger partial charge in [0.05, 0.1) is 12.4 Å². The molecule has 2 heterocycles. The molecule has 4 N–H and O–H groups in total. The van der Waals surface area contributed by atoms with E-state index in [9.17, 15) is 14.4 Å². The molecule has 0 saturated heterocycles. The second kappa shape index (κ2) is 8.65. The van der Waals surface area contributed by atoms with Gasteiger partial charge in [0.25, 0.3) is 17.4 Å². The second-order valence-electron chi connectivity index (χ2n) is 8.95. The van der Waals surface area contributed by atoms with Gasteiger partial charge in [0.15, 0.2) is 5.69 Å². The number of aryl methyl sites for hydroxylation is 2. The fraction of sp³-hybridized carbons (Fsp3) is 0.375. The van der Waals surface area contributed by atoms with Crippen molar-refractivity contribution in [1.82, 2.24) is 30.8 Å². The largest absolute Gasteiger partial charge is 0.347 e. The lowest BCUT2D eigenvalue weighted by Gasteiger charge is -2.19. The first-order valence-electron chi connectivity index (χ1n) is 11.3. The van der Waals surface area contributed by atoms with Crippen molar-refractivity contribution in [2.45, 2.75) is 51.6 Å². The highest BCUT2D eigenvalue weighted by molar-refractivity contribution is 5.94. The van der Waals surface area contributed by atoms with Crippen LogP contribution in [0.3, 0.4) is 0 Å². The summed E-state index contributed by atoms with van der Waals surface area (Å²) < 4.78 is 0. The number of benzene rings is 1. The van der Waals surface area contributed by atoms with Gasteiger partial charge in [-0.2, -0.15) is 5.10 Å². The van der Waals surface area contributed by atoms with Crippen molar-refractivity contribution in [2.75, 3.05) is 0 Å². The molecule has 9 nitrogen and oxygen atoms in total. The van der Waals surface area contributed by atoms with Crippen molar-refractivity contribution < 1.29 is 9.59 Å². The molecule has 2 aliphatic rings. The summed E-state index contributed by atoms with van der Waals surface area (Å²) in [5.74, 6) is 0.0376. The average Bonchev–Trinajstić information content (AvgIpc) is 3.41. The van der Waals surface area contributed by atoms with E-state index in [1.54, 1.807) is 0 Å². The number of H-pyrrole nitrogens is 2. The predicted molar refractivity (Wildman–Crippen MR) is 121 cm³/mol. The second-order valence-corrected chi connectivity index (χ2v) is 8.95. The summed E-state index contributed by atoms with van der Waals surface area (Å²) in [4.78, 5) is 42.8. The molecule has 170 valence electrons. The quantitative estimate of drug-likeness (QED) is 0.476. The summed E-state index contributed by atoms with van der Waals surface area (Å²) in [6, 6.07) is 7.15. The van der Waals surface area contributed by atoms with Crippen molar-refractivity contribution in [3.8, 4) is 0 Å². The highest BCUT2D eigenvalue weighted by Crippen LogP contribution is 2.33. The third-order valence-electron chi connectivity index (χ3n) is 6.56. The zero-order valence-electron chi connectivity index (χ0n) is 18.4. The number of amides is 2. The Morgan fingerprint density at radius 1 is 1.15 bits per heavy atom. The van der Waals surface area contributed by atoms with E-state index >= 15 is 0 Å². The third kappa shape index (κ3) is 4.30. The van der Waals surface area contributed by atoms with Gasteiger partial charge in [-0.1, -0.05) is 25.1 Å². The van der Waals surface area contributed by atoms with Gasteiger partial charge in [0, 0.05) is 23.9 Å². The minimum absolute atomic E-state index is 0.0512. The van der Waals surface area contributed by atoms with E-state index in [1.165, 1.54) is 18.0 Å². The molecule has 0 radical (unpaired) electrons. The number of aromatic nitrogens is 4. The molecule has 2 aromatic heterocycles. The van der Waals surface area contributed by atoms with Crippen molar-refractivity contribution in [3.05, 3.63) is 80.3 Å². The Labute approximate surface area is 190 Å². The van der Waals surface area contributed by atoms with Crippen molar-refractivity contribution >= 4 is 11.8 Å². The Bertz CT molecular complexity index is 1280. The highest BCUT2D eigenvalue weighted by atomic mass is 16.2. The zero-order chi connectivity index (χ0) is 22.9. The molecule has 3 aromatic rings. The van der Waals surface area contributed by atoms with Crippen LogP contribution in [0.2, 0.25) is 0 Å². The lowest BCUT2D eigenvalue weighted by atomic mass is 9.87. The van der Waals surface area contributed by atoms with E-state index in [4.69, 9.17) is 0 Å². The highest BCUT2D eigenvalue weighted by Gasteiger charge is 2.29. The summed E-state index contributed by atoms with van der Waals surface area (Å²) in [6.07, 6.45) is 5.84. The van der Waals surface area contributed by atoms with E-state index in [2.05, 4.69) is 43.8 Å². The predicted octanol–water partition coefficient (Wildman–Crippen LogP) is 1.97. The maximum atomic E-state index is 13.0. The van der Waals surface area contributed by atoms with Crippen LogP contribution < -0.4 is 16.2 Å². The van der Waals surface area contributed by atoms with E-state index in [-0.39, 0.29) is 23.2 Å². The molecule has 0 fully saturated rings. The summed E-state index contributed by atoms with van der Waals surface area (Å²) in [5, 5.41) is 13.3. The zero-order valence-corrected chi connectivity index (χ0v) is 18.4. The Hall–Kier alpha value is -3.75. The van der Waals surface area contributed by atoms with E-state index in [1.807, 2.05) is 12.1 Å². The van der Waals surface area contributed by atoms with Crippen LogP contribution in [0, 0.1) is 5.92 Å². The molecule has 2 amide bonds. The number of nitrogens with zero attached hydrogens (tertiary/aromatic N) is 2. The smallest absolute Gasteiger partial charge is 0.272 e. The molecule has 0 spiro atoms. The standard InChI is InChI=1S/C24H26N6O3/c1-13-2-6-19-17(8-13)22(30-29-19)24(33)28-18-7-4-15-9-14(3-5-16(15)18)11-25-23(32)20-10-21(31)27-12-26-20/h3,5,9-10,12-13,18H,2,4,6-8,11H2,1H3,(H,25,32)(H,28,33)(H,29,30)(H,26,27,31). The fourth-order valence-electron chi connectivity index (χ4n) is 4.78. The van der Waals surface area contributed by atoms with Gasteiger partial charge < -0.3 is 15.6 Å². The first-order valence-corrected chi connectivity index (χ1v) is 11.3. The first kappa shape index (κ1) is 21.1. The molecule has 2 aliphatic carbocycles. The summed E-state index contributed by atoms with van der Waals surface area (Å²) in [5.41, 5.74) is 5.61. The molecule has 0 aliphatic heterocycles. The van der Waals surface area contributed by atoms with Crippen molar-refractivity contribution in [3.63, 3.8) is 0 Å². The normalized spacial score (nSPS) is 18.9. The van der Waals surface area contributed by atoms with Crippen LogP contribution in [0.15, 0.2) is 35.4 Å². The molecule has 0 bridgehead atoms. The lowest BCUT2D eigenvalue weighted by molar-refractivity contribution is 0.0926. The molecule has 0 saturated carbocycles. The van der Waals surface area contributed by atoms with Crippen molar-refractivity contribution in [1.29, 1.82) is 0 Å². The maximum Gasteiger partial charge on any atom is 0.272 e. The average molecular weight is 447 g/mol. The van der Waals surface area contributed by atoms with Crippen LogP contribution in [0.5, 0.6) is 0 Å². The topological polar surface area (TPSA) is 133 Å². The Kier molecular flexibility index (Phi) is 5.53. The minimum Gasteiger partial charge on any atom is -0.347 e. The molecule has 5 rings (SSSR count). The minimum atomic E-state index is -0.400. The van der Waals surface area contributed by atoms with Gasteiger partial charge in [-0.05, 0) is 54.7 Å². The molecular formula is C24H26N6O3. The van der Waals surface area contributed by atoms with Gasteiger partial charge in [0.2, 0.25) is 0 Å². The molecule has 33 heavy (non-hydrogen) atoms. The maximum absolute atomic E-state index is 13.0. The van der Waals surface area contributed by atoms with Crippen LogP contribution in [0.4, 0.5) is 0 Å². The Balaban J connectivity index is 1.24. The molecule has 2 atom stereocenters. The van der Waals surface area contributed by atoms with Gasteiger partial charge in [-0.15, -0.1) is 0 Å². The Morgan fingerprint density at radius 2 is 2.03 bits per heavy atom. The fourth-order valence-corrected chi connectivity index (χ4v) is 4.78. The van der Waals surface area contributed by atoms with Gasteiger partial charge >= 0.3 is 0 Å². The van der Waals surface area contributed by atoms with Gasteiger partial charge in [-0.3, -0.25) is 19.5 Å². The van der Waals surface area contributed by atoms with Crippen molar-refractivity contribution in [2.24, 2.45) is 5.92 Å². The number of carbonyl (C=O) groups excluding carboxylic acids is 2. The van der Waals surface area contributed by atoms with E-state index < -0.39 is 5.91 Å². The Morgan fingerprint density at radius 3 is 2.88 bits per heavy atom. The summed E-state index contributed by atoms with van der Waals surface area (Å²) >= 11 is 0. The first-order chi connectivity index (χ1) is 16.0. The number of aromatic amines is 2. The summed E-state index contributed by atoms with van der Waals surface area (Å²) in [6.45, 7) is 2.54. The SMILES string of the molecule is CC1CCc2[nH]nc(C(=O)NC3CCc4cc(CNC(=O)c5cc(=O)[nH]cn5)ccc43)c2C1. The van der Waals surface area contributed by atoms with E-state index in [0.29, 0.717) is 18.2 Å². The van der Waals surface area contributed by atoms with Gasteiger partial charge in [-0.25, -0.2) is 4.98 Å². The van der Waals surface area contributed by atoms with Crippen LogP contribution in [0.25, 0.3) is 0 Å². The molecular weight excluding hydrogens is 420 g/mol. The molecule has 2 unspecified atom stereocenters. The number of rotatable bonds is 5. The number of hydrogen-bond acceptors (Lipinski definition) is 5. The number of fused-ring (bicyclic) bond motifs is 2. The molecule has 9 heteroatoms. The van der Waals surface area contributed by atoms with Crippen LogP contribution in [0.1, 0.15) is 74.7 Å². The summed E-state index contributed by atoms with van der Waals surface area (Å²) in [7, 11) is 0. The van der Waals surface area contributed by atoms with E-state index in [0.717, 1.165) is 54.5 Å². The molecule has 1 aromatic carbocycles. The number of carbonyl (C=O) groups is 2. The monoisotopic (exact) mass is 446 g/mol. The third-order valence-corrected chi connectivity index (χ3v) is 6.56. The number of hydrogen-bond donors (Lipinski definition) is 4. The number of nitrogens with one attached hydrogen (secondary N) is 4. The van der Waals surface area contributed by atoms with Crippen LogP contribution >= 0.6 is 0 Å². The van der Waals surface area contributed by atoms with Crippen LogP contribution in [-0.2, 0) is 25.8 Å². The lowest BCUT2D eigenvalue weighted by Crippen LogP contribution is -2.29. The van der Waals surface area contributed by atoms with Crippen LogP contribution in [-0.4, -0.2) is 32.0 Å². The van der Waals surface area contributed by atoms with Gasteiger partial charge in [0.1, 0.15) is 5.69 Å².